The van der Waals surface area contributed by atoms with Gasteiger partial charge in [-0.2, -0.15) is 4.98 Å². The van der Waals surface area contributed by atoms with Crippen LogP contribution in [0.25, 0.3) is 26.1 Å². The monoisotopic (exact) mass is 424 g/mol. The van der Waals surface area contributed by atoms with E-state index in [1.54, 1.807) is 33.4 Å². The molecule has 10 heteroatoms. The van der Waals surface area contributed by atoms with E-state index in [2.05, 4.69) is 31.4 Å². The molecule has 5 heterocycles. The summed E-state index contributed by atoms with van der Waals surface area (Å²) in [6, 6.07) is 9.89. The highest BCUT2D eigenvalue weighted by Gasteiger charge is 2.20. The summed E-state index contributed by atoms with van der Waals surface area (Å²) in [4.78, 5) is 28.9. The molecule has 28 heavy (non-hydrogen) atoms. The summed E-state index contributed by atoms with van der Waals surface area (Å²) in [6.07, 6.45) is 1.64. The third-order valence-corrected chi connectivity index (χ3v) is 6.88. The number of aryl methyl sites for hydroxylation is 1. The number of fused-ring (bicyclic) bond motifs is 1. The zero-order valence-corrected chi connectivity index (χ0v) is 16.9. The Labute approximate surface area is 171 Å². The van der Waals surface area contributed by atoms with Crippen molar-refractivity contribution < 1.29 is 4.79 Å². The lowest BCUT2D eigenvalue weighted by Crippen LogP contribution is -2.13. The Morgan fingerprint density at radius 3 is 2.57 bits per heavy atom. The Kier molecular flexibility index (Phi) is 4.23. The quantitative estimate of drug-likeness (QED) is 0.456. The zero-order chi connectivity index (χ0) is 19.1. The summed E-state index contributed by atoms with van der Waals surface area (Å²) in [5.74, 6) is 0.0456. The van der Waals surface area contributed by atoms with Crippen molar-refractivity contribution in [3.8, 4) is 20.3 Å². The van der Waals surface area contributed by atoms with Gasteiger partial charge in [0.25, 0.3) is 11.7 Å². The average Bonchev–Trinajstić information content (AvgIpc) is 3.46. The molecular weight excluding hydrogens is 412 g/mol. The number of carbonyl (C=O) groups excluding carboxylic acids is 1. The van der Waals surface area contributed by atoms with Gasteiger partial charge in [0.2, 0.25) is 5.82 Å². The van der Waals surface area contributed by atoms with Gasteiger partial charge in [0, 0.05) is 16.8 Å². The number of thiazole rings is 1. The number of amides is 1. The van der Waals surface area contributed by atoms with Crippen LogP contribution in [0, 0.1) is 6.92 Å². The molecule has 0 spiro atoms. The van der Waals surface area contributed by atoms with Crippen molar-refractivity contribution in [1.82, 2.24) is 24.6 Å². The lowest BCUT2D eigenvalue weighted by atomic mass is 10.3. The predicted molar refractivity (Wildman–Crippen MR) is 112 cm³/mol. The standard InChI is InChI=1S/C18H12N6OS3/c1-10-6-7-19-17-21-15(23-24(10)17)16(25)22-18-20-13(11-4-2-8-26-11)14(28-18)12-5-3-9-27-12/h2-9H,1H3,(H,20,22,25). The number of nitrogens with zero attached hydrogens (tertiary/aromatic N) is 5. The maximum absolute atomic E-state index is 12.7. The van der Waals surface area contributed by atoms with Crippen LogP contribution in [0.2, 0.25) is 0 Å². The van der Waals surface area contributed by atoms with Crippen LogP contribution in [-0.4, -0.2) is 30.5 Å². The molecular formula is C18H12N6OS3. The van der Waals surface area contributed by atoms with E-state index in [9.17, 15) is 4.79 Å². The molecule has 0 fully saturated rings. The maximum atomic E-state index is 12.7. The Morgan fingerprint density at radius 1 is 1.07 bits per heavy atom. The summed E-state index contributed by atoms with van der Waals surface area (Å²) in [5.41, 5.74) is 1.73. The molecule has 0 aliphatic heterocycles. The fourth-order valence-corrected chi connectivity index (χ4v) is 5.30. The Bertz CT molecular complexity index is 1220. The summed E-state index contributed by atoms with van der Waals surface area (Å²) < 4.78 is 1.55. The second-order valence-electron chi connectivity index (χ2n) is 5.84. The van der Waals surface area contributed by atoms with Gasteiger partial charge in [-0.05, 0) is 35.9 Å². The SMILES string of the molecule is Cc1ccnc2nc(C(=O)Nc3nc(-c4cccs4)c(-c4cccs4)s3)nn12. The van der Waals surface area contributed by atoms with Crippen LogP contribution in [-0.2, 0) is 0 Å². The number of thiophene rings is 2. The van der Waals surface area contributed by atoms with Crippen molar-refractivity contribution in [1.29, 1.82) is 0 Å². The van der Waals surface area contributed by atoms with E-state index in [0.717, 1.165) is 26.0 Å². The van der Waals surface area contributed by atoms with Crippen LogP contribution in [0.1, 0.15) is 16.3 Å². The fraction of sp³-hybridized carbons (Fsp3) is 0.0556. The molecule has 0 saturated carbocycles. The van der Waals surface area contributed by atoms with E-state index < -0.39 is 5.91 Å². The summed E-state index contributed by atoms with van der Waals surface area (Å²) >= 11 is 4.71. The maximum Gasteiger partial charge on any atom is 0.297 e. The van der Waals surface area contributed by atoms with Crippen molar-refractivity contribution in [2.24, 2.45) is 0 Å². The van der Waals surface area contributed by atoms with Crippen LogP contribution in [0.5, 0.6) is 0 Å². The molecule has 0 saturated heterocycles. The van der Waals surface area contributed by atoms with Crippen molar-refractivity contribution in [3.63, 3.8) is 0 Å². The molecule has 1 N–H and O–H groups in total. The van der Waals surface area contributed by atoms with Crippen molar-refractivity contribution in [2.45, 2.75) is 6.92 Å². The zero-order valence-electron chi connectivity index (χ0n) is 14.5. The van der Waals surface area contributed by atoms with Gasteiger partial charge in [0.05, 0.1) is 9.75 Å². The first-order valence-corrected chi connectivity index (χ1v) is 10.8. The summed E-state index contributed by atoms with van der Waals surface area (Å²) in [6.45, 7) is 1.88. The normalized spacial score (nSPS) is 11.2. The van der Waals surface area contributed by atoms with E-state index in [1.807, 2.05) is 41.9 Å². The highest BCUT2D eigenvalue weighted by molar-refractivity contribution is 7.24. The van der Waals surface area contributed by atoms with E-state index in [1.165, 1.54) is 11.3 Å². The number of aromatic nitrogens is 5. The second kappa shape index (κ2) is 6.89. The summed E-state index contributed by atoms with van der Waals surface area (Å²) in [7, 11) is 0. The molecule has 0 aliphatic rings. The lowest BCUT2D eigenvalue weighted by Gasteiger charge is -1.96. The molecule has 5 aromatic heterocycles. The molecule has 7 nitrogen and oxygen atoms in total. The lowest BCUT2D eigenvalue weighted by molar-refractivity contribution is 0.101. The number of nitrogens with one attached hydrogen (secondary N) is 1. The number of hydrogen-bond acceptors (Lipinski definition) is 8. The molecule has 5 rings (SSSR count). The minimum Gasteiger partial charge on any atom is -0.295 e. The van der Waals surface area contributed by atoms with Gasteiger partial charge in [-0.3, -0.25) is 10.1 Å². The molecule has 138 valence electrons. The molecule has 0 unspecified atom stereocenters. The number of anilines is 1. The summed E-state index contributed by atoms with van der Waals surface area (Å²) in [5, 5.41) is 11.6. The Balaban J connectivity index is 1.50. The highest BCUT2D eigenvalue weighted by Crippen LogP contribution is 2.42. The van der Waals surface area contributed by atoms with Gasteiger partial charge in [0.1, 0.15) is 5.69 Å². The van der Waals surface area contributed by atoms with E-state index >= 15 is 0 Å². The number of hydrogen-bond donors (Lipinski definition) is 1. The Morgan fingerprint density at radius 2 is 1.86 bits per heavy atom. The topological polar surface area (TPSA) is 85.1 Å². The van der Waals surface area contributed by atoms with Gasteiger partial charge in [-0.25, -0.2) is 14.5 Å². The third-order valence-electron chi connectivity index (χ3n) is 3.98. The molecule has 1 amide bonds. The fourth-order valence-electron chi connectivity index (χ4n) is 2.68. The van der Waals surface area contributed by atoms with Crippen molar-refractivity contribution in [3.05, 3.63) is 58.8 Å². The van der Waals surface area contributed by atoms with Gasteiger partial charge in [0.15, 0.2) is 5.13 Å². The first-order chi connectivity index (χ1) is 13.7. The average molecular weight is 425 g/mol. The van der Waals surface area contributed by atoms with E-state index in [0.29, 0.717) is 10.9 Å². The van der Waals surface area contributed by atoms with Crippen LogP contribution >= 0.6 is 34.0 Å². The second-order valence-corrected chi connectivity index (χ2v) is 8.73. The van der Waals surface area contributed by atoms with Crippen LogP contribution in [0.15, 0.2) is 47.3 Å². The minimum atomic E-state index is -0.408. The van der Waals surface area contributed by atoms with Gasteiger partial charge in [-0.15, -0.1) is 27.8 Å². The number of carbonyl (C=O) groups is 1. The minimum absolute atomic E-state index is 0.0624. The third kappa shape index (κ3) is 3.01. The molecule has 0 aromatic carbocycles. The Hall–Kier alpha value is -2.95. The molecule has 0 bridgehead atoms. The van der Waals surface area contributed by atoms with E-state index in [-0.39, 0.29) is 5.82 Å². The van der Waals surface area contributed by atoms with Crippen LogP contribution in [0.4, 0.5) is 5.13 Å². The largest absolute Gasteiger partial charge is 0.297 e. The molecule has 0 atom stereocenters. The molecule has 0 aliphatic carbocycles. The predicted octanol–water partition coefficient (Wildman–Crippen LogP) is 4.60. The molecule has 5 aromatic rings. The van der Waals surface area contributed by atoms with Crippen molar-refractivity contribution in [2.75, 3.05) is 5.32 Å². The van der Waals surface area contributed by atoms with Gasteiger partial charge in [-0.1, -0.05) is 23.5 Å². The van der Waals surface area contributed by atoms with Crippen LogP contribution in [0.3, 0.4) is 0 Å². The number of rotatable bonds is 4. The van der Waals surface area contributed by atoms with Crippen molar-refractivity contribution >= 4 is 50.8 Å². The van der Waals surface area contributed by atoms with Gasteiger partial charge < -0.3 is 0 Å². The first kappa shape index (κ1) is 17.2. The molecule has 0 radical (unpaired) electrons. The van der Waals surface area contributed by atoms with Gasteiger partial charge >= 0.3 is 0 Å². The van der Waals surface area contributed by atoms with E-state index in [4.69, 9.17) is 0 Å². The van der Waals surface area contributed by atoms with Crippen LogP contribution < -0.4 is 5.32 Å². The highest BCUT2D eigenvalue weighted by atomic mass is 32.1. The first-order valence-electron chi connectivity index (χ1n) is 8.27. The smallest absolute Gasteiger partial charge is 0.295 e.